The average molecular weight is 144 g/mol. The molecule has 0 heterocycles. The van der Waals surface area contributed by atoms with Gasteiger partial charge in [-0.15, -0.1) is 0 Å². The minimum absolute atomic E-state index is 0. The molecule has 0 radical (unpaired) electrons. The van der Waals surface area contributed by atoms with Crippen molar-refractivity contribution in [3.8, 4) is 0 Å². The van der Waals surface area contributed by atoms with Gasteiger partial charge in [0.1, 0.15) is 0 Å². The largest absolute Gasteiger partial charge is 1.00 e. The van der Waals surface area contributed by atoms with Gasteiger partial charge in [-0.1, -0.05) is 0 Å². The van der Waals surface area contributed by atoms with Crippen LogP contribution in [-0.2, 0) is 10.4 Å². The van der Waals surface area contributed by atoms with Crippen molar-refractivity contribution in [1.29, 1.82) is 0 Å². The second-order valence-corrected chi connectivity index (χ2v) is 1.22. The van der Waals surface area contributed by atoms with Crippen molar-refractivity contribution in [3.05, 3.63) is 0 Å². The van der Waals surface area contributed by atoms with Gasteiger partial charge in [-0.2, -0.15) is 0 Å². The molecule has 0 spiro atoms. The quantitative estimate of drug-likeness (QED) is 0.192. The van der Waals surface area contributed by atoms with Gasteiger partial charge in [0.25, 0.3) is 0 Å². The molecule has 0 saturated carbocycles. The Balaban J connectivity index is -0.0000000286. The molecule has 0 aromatic heterocycles. The number of hydrogen-bond donors (Lipinski definition) is 0. The Morgan fingerprint density at radius 1 is 1.11 bits per heavy atom. The third kappa shape index (κ3) is 445. The molecule has 0 aliphatic rings. The Kier molecular flexibility index (Phi) is 29.4. The van der Waals surface area contributed by atoms with Crippen LogP contribution < -0.4 is 37.7 Å². The predicted molar refractivity (Wildman–Crippen MR) is 17.5 cm³/mol. The summed E-state index contributed by atoms with van der Waals surface area (Å²) in [5.41, 5.74) is 0. The summed E-state index contributed by atoms with van der Waals surface area (Å²) in [6.07, 6.45) is 0. The normalized spacial score (nSPS) is 7.11. The van der Waals surface area contributed by atoms with Crippen LogP contribution in [0.25, 0.3) is 0 Å². The van der Waals surface area contributed by atoms with Gasteiger partial charge in [-0.25, -0.2) is 0 Å². The first-order chi connectivity index (χ1) is 3.00. The van der Waals surface area contributed by atoms with E-state index in [2.05, 4.69) is 0 Å². The van der Waals surface area contributed by atoms with Crippen LogP contribution in [0.4, 0.5) is 4.39 Å². The second kappa shape index (κ2) is 11.8. The van der Waals surface area contributed by atoms with Gasteiger partial charge in [0, 0.05) is 10.4 Å². The fraction of sp³-hybridized carbons (Fsp3) is 1.00. The number of alkyl halides is 1. The number of hydrogen-bond acceptors (Lipinski definition) is 4. The number of halogens is 1. The van der Waals surface area contributed by atoms with Gasteiger partial charge < -0.3 is 9.11 Å². The maximum atomic E-state index is 9.50. The van der Waals surface area contributed by atoms with Crippen LogP contribution in [0.2, 0.25) is 0 Å². The first-order valence-electron chi connectivity index (χ1n) is 1.04. The predicted octanol–water partition coefficient (Wildman–Crippen LogP) is -6.74. The summed E-state index contributed by atoms with van der Waals surface area (Å²) in [5, 5.41) is 0. The molecule has 0 aromatic carbocycles. The Morgan fingerprint density at radius 2 is 1.11 bits per heavy atom. The third-order valence-electron chi connectivity index (χ3n) is 0. The molecule has 0 atom stereocenters. The minimum atomic E-state index is -5.17. The van der Waals surface area contributed by atoms with Crippen molar-refractivity contribution in [2.45, 2.75) is 0 Å². The fourth-order valence-corrected chi connectivity index (χ4v) is 0. The molecule has 0 saturated heterocycles. The van der Waals surface area contributed by atoms with E-state index in [9.17, 15) is 4.39 Å². The third-order valence-corrected chi connectivity index (χ3v) is 0. The van der Waals surface area contributed by atoms with Gasteiger partial charge in [0.2, 0.25) is 0 Å². The van der Waals surface area contributed by atoms with Gasteiger partial charge in [0.05, 0.1) is 7.18 Å². The Morgan fingerprint density at radius 3 is 1.11 bits per heavy atom. The van der Waals surface area contributed by atoms with Crippen molar-refractivity contribution in [3.63, 3.8) is 0 Å². The Hall–Kier alpha value is 0.995. The Bertz CT molecular complexity index is 102. The summed E-state index contributed by atoms with van der Waals surface area (Å²) in [6, 6.07) is 0. The topological polar surface area (TPSA) is 80.3 Å². The summed E-state index contributed by atoms with van der Waals surface area (Å²) >= 11 is 0. The summed E-state index contributed by atoms with van der Waals surface area (Å²) in [6.45, 7) is 0. The molecular weight excluding hydrogens is 141 g/mol. The summed E-state index contributed by atoms with van der Waals surface area (Å²) in [5.74, 6) is 0. The van der Waals surface area contributed by atoms with Crippen molar-refractivity contribution >= 4 is 10.4 Å². The van der Waals surface area contributed by atoms with E-state index in [1.54, 1.807) is 0 Å². The molecule has 8 heteroatoms. The molecular formula is CH3FLi2O4S. The van der Waals surface area contributed by atoms with Crippen molar-refractivity contribution in [2.24, 2.45) is 0 Å². The molecule has 0 amide bonds. The van der Waals surface area contributed by atoms with Crippen LogP contribution in [0.15, 0.2) is 0 Å². The van der Waals surface area contributed by atoms with Crippen LogP contribution in [0, 0.1) is 0 Å². The molecule has 46 valence electrons. The molecule has 0 aliphatic carbocycles. The fourth-order valence-electron chi connectivity index (χ4n) is 0. The van der Waals surface area contributed by atoms with E-state index in [1.807, 2.05) is 0 Å². The summed E-state index contributed by atoms with van der Waals surface area (Å²) < 4.78 is 43.6. The van der Waals surface area contributed by atoms with Crippen molar-refractivity contribution < 1.29 is 59.6 Å². The van der Waals surface area contributed by atoms with Crippen LogP contribution >= 0.6 is 0 Å². The maximum Gasteiger partial charge on any atom is 1.00 e. The SMILES string of the molecule is CF.O=S(=O)([O-])[O-].[Li+].[Li+]. The zero-order chi connectivity index (χ0) is 6.50. The van der Waals surface area contributed by atoms with E-state index in [-0.39, 0.29) is 37.7 Å². The zero-order valence-electron chi connectivity index (χ0n) is 5.42. The van der Waals surface area contributed by atoms with Crippen molar-refractivity contribution in [2.75, 3.05) is 7.18 Å². The van der Waals surface area contributed by atoms with Crippen LogP contribution in [0.5, 0.6) is 0 Å². The maximum absolute atomic E-state index is 9.50. The smallest absolute Gasteiger partial charge is 0.759 e. The van der Waals surface area contributed by atoms with E-state index in [0.717, 1.165) is 0 Å². The first-order valence-corrected chi connectivity index (χ1v) is 2.38. The molecule has 9 heavy (non-hydrogen) atoms. The van der Waals surface area contributed by atoms with Crippen LogP contribution in [-0.4, -0.2) is 24.7 Å². The monoisotopic (exact) mass is 144 g/mol. The molecule has 0 unspecified atom stereocenters. The molecule has 0 rings (SSSR count). The molecule has 0 bridgehead atoms. The standard InChI is InChI=1S/CH3F.2Li.H2O4S/c1-2;;;1-5(2,3)4/h1H3;;;(H2,1,2,3,4)/q;2*+1;/p-2. The molecule has 4 nitrogen and oxygen atoms in total. The van der Waals surface area contributed by atoms with E-state index in [0.29, 0.717) is 7.18 Å². The van der Waals surface area contributed by atoms with E-state index >= 15 is 0 Å². The van der Waals surface area contributed by atoms with E-state index in [4.69, 9.17) is 17.5 Å². The van der Waals surface area contributed by atoms with Crippen LogP contribution in [0.1, 0.15) is 0 Å². The van der Waals surface area contributed by atoms with Crippen molar-refractivity contribution in [1.82, 2.24) is 0 Å². The minimum Gasteiger partial charge on any atom is -0.759 e. The van der Waals surface area contributed by atoms with Gasteiger partial charge in [-0.05, 0) is 0 Å². The summed E-state index contributed by atoms with van der Waals surface area (Å²) in [4.78, 5) is 0. The molecule has 0 aliphatic heterocycles. The number of rotatable bonds is 0. The second-order valence-electron chi connectivity index (χ2n) is 0.408. The van der Waals surface area contributed by atoms with Gasteiger partial charge in [0.15, 0.2) is 0 Å². The average Bonchev–Trinajstić information content (AvgIpc) is 1.36. The van der Waals surface area contributed by atoms with E-state index in [1.165, 1.54) is 0 Å². The zero-order valence-corrected chi connectivity index (χ0v) is 6.24. The molecule has 0 aromatic rings. The summed E-state index contributed by atoms with van der Waals surface area (Å²) in [7, 11) is -4.67. The molecule has 0 fully saturated rings. The Labute approximate surface area is 77.1 Å². The first kappa shape index (κ1) is 22.5. The van der Waals surface area contributed by atoms with Crippen LogP contribution in [0.3, 0.4) is 0 Å². The van der Waals surface area contributed by atoms with Gasteiger partial charge >= 0.3 is 37.7 Å². The van der Waals surface area contributed by atoms with Gasteiger partial charge in [-0.3, -0.25) is 12.8 Å². The van der Waals surface area contributed by atoms with E-state index < -0.39 is 10.4 Å². The molecule has 0 N–H and O–H groups in total.